The van der Waals surface area contributed by atoms with Crippen LogP contribution >= 0.6 is 0 Å². The number of ketones is 2. The summed E-state index contributed by atoms with van der Waals surface area (Å²) in [5, 5.41) is 0. The first-order chi connectivity index (χ1) is 12.7. The van der Waals surface area contributed by atoms with Gasteiger partial charge in [0.1, 0.15) is 0 Å². The van der Waals surface area contributed by atoms with Gasteiger partial charge in [-0.15, -0.1) is 0 Å². The summed E-state index contributed by atoms with van der Waals surface area (Å²) < 4.78 is 0. The molecular weight excluding hydrogens is 320 g/mol. The van der Waals surface area contributed by atoms with Crippen molar-refractivity contribution in [3.05, 3.63) is 107 Å². The zero-order chi connectivity index (χ0) is 18.1. The van der Waals surface area contributed by atoms with Crippen LogP contribution < -0.4 is 0 Å². The highest BCUT2D eigenvalue weighted by Gasteiger charge is 2.58. The smallest absolute Gasteiger partial charge is 0.167 e. The number of aryl methyl sites for hydroxylation is 1. The minimum atomic E-state index is -0.284. The SMILES string of the molecule is Cc1ccc(C2[C@@H](C(=O)c3ccccc3)[C@H]2C(=O)c2ccccc2)cc1. The molecule has 1 aliphatic carbocycles. The van der Waals surface area contributed by atoms with Gasteiger partial charge >= 0.3 is 0 Å². The summed E-state index contributed by atoms with van der Waals surface area (Å²) in [6.07, 6.45) is 0. The third-order valence-corrected chi connectivity index (χ3v) is 5.20. The molecule has 26 heavy (non-hydrogen) atoms. The van der Waals surface area contributed by atoms with Crippen LogP contribution in [0.25, 0.3) is 0 Å². The Morgan fingerprint density at radius 2 is 1.04 bits per heavy atom. The Labute approximate surface area is 153 Å². The van der Waals surface area contributed by atoms with Crippen molar-refractivity contribution in [3.8, 4) is 0 Å². The molecule has 0 aliphatic heterocycles. The van der Waals surface area contributed by atoms with Crippen LogP contribution in [0.5, 0.6) is 0 Å². The van der Waals surface area contributed by atoms with Gasteiger partial charge < -0.3 is 0 Å². The molecule has 0 radical (unpaired) electrons. The Morgan fingerprint density at radius 1 is 0.615 bits per heavy atom. The number of hydrogen-bond acceptors (Lipinski definition) is 2. The van der Waals surface area contributed by atoms with E-state index in [1.807, 2.05) is 91.9 Å². The van der Waals surface area contributed by atoms with Crippen LogP contribution in [0.1, 0.15) is 37.8 Å². The van der Waals surface area contributed by atoms with Crippen LogP contribution in [0, 0.1) is 18.8 Å². The minimum absolute atomic E-state index is 0.0454. The predicted molar refractivity (Wildman–Crippen MR) is 102 cm³/mol. The van der Waals surface area contributed by atoms with Gasteiger partial charge in [-0.25, -0.2) is 0 Å². The summed E-state index contributed by atoms with van der Waals surface area (Å²) in [5.41, 5.74) is 3.60. The van der Waals surface area contributed by atoms with Crippen LogP contribution in [-0.4, -0.2) is 11.6 Å². The number of rotatable bonds is 5. The van der Waals surface area contributed by atoms with Crippen molar-refractivity contribution in [1.82, 2.24) is 0 Å². The van der Waals surface area contributed by atoms with Crippen LogP contribution in [0.3, 0.4) is 0 Å². The number of carbonyl (C=O) groups excluding carboxylic acids is 2. The monoisotopic (exact) mass is 340 g/mol. The van der Waals surface area contributed by atoms with Gasteiger partial charge in [0.25, 0.3) is 0 Å². The van der Waals surface area contributed by atoms with Gasteiger partial charge in [-0.3, -0.25) is 9.59 Å². The van der Waals surface area contributed by atoms with E-state index < -0.39 is 0 Å². The average Bonchev–Trinajstić information content (AvgIpc) is 3.44. The zero-order valence-electron chi connectivity index (χ0n) is 14.6. The van der Waals surface area contributed by atoms with E-state index in [-0.39, 0.29) is 29.3 Å². The van der Waals surface area contributed by atoms with Gasteiger partial charge in [-0.1, -0.05) is 90.5 Å². The Kier molecular flexibility index (Phi) is 4.26. The first-order valence-corrected chi connectivity index (χ1v) is 8.92. The van der Waals surface area contributed by atoms with Crippen molar-refractivity contribution >= 4 is 11.6 Å². The molecule has 1 unspecified atom stereocenters. The molecule has 0 spiro atoms. The predicted octanol–water partition coefficient (Wildman–Crippen LogP) is 5.09. The van der Waals surface area contributed by atoms with Gasteiger partial charge in [0.15, 0.2) is 11.6 Å². The molecule has 2 nitrogen and oxygen atoms in total. The zero-order valence-corrected chi connectivity index (χ0v) is 14.6. The van der Waals surface area contributed by atoms with E-state index in [4.69, 9.17) is 0 Å². The topological polar surface area (TPSA) is 34.1 Å². The largest absolute Gasteiger partial charge is 0.294 e. The minimum Gasteiger partial charge on any atom is -0.294 e. The normalized spacial score (nSPS) is 21.2. The second-order valence-corrected chi connectivity index (χ2v) is 6.95. The molecule has 1 aliphatic rings. The lowest BCUT2D eigenvalue weighted by Crippen LogP contribution is -2.09. The third-order valence-electron chi connectivity index (χ3n) is 5.20. The molecule has 128 valence electrons. The fraction of sp³-hybridized carbons (Fsp3) is 0.167. The molecular formula is C24H20O2. The van der Waals surface area contributed by atoms with Gasteiger partial charge in [-0.05, 0) is 12.5 Å². The van der Waals surface area contributed by atoms with E-state index in [0.29, 0.717) is 11.1 Å². The molecule has 0 aromatic heterocycles. The van der Waals surface area contributed by atoms with Gasteiger partial charge in [0, 0.05) is 28.9 Å². The number of Topliss-reactive ketones (excluding diaryl/α,β-unsaturated/α-hetero) is 2. The summed E-state index contributed by atoms with van der Waals surface area (Å²) in [7, 11) is 0. The molecule has 0 amide bonds. The van der Waals surface area contributed by atoms with E-state index in [1.54, 1.807) is 0 Å². The van der Waals surface area contributed by atoms with Crippen molar-refractivity contribution < 1.29 is 9.59 Å². The standard InChI is InChI=1S/C24H20O2/c1-16-12-14-17(15-13-16)20-21(23(25)18-8-4-2-5-9-18)22(20)24(26)19-10-6-3-7-11-19/h2-15,20-22H,1H3/t20?,21-,22+. The lowest BCUT2D eigenvalue weighted by atomic mass is 10.0. The Balaban J connectivity index is 1.68. The van der Waals surface area contributed by atoms with Gasteiger partial charge in [0.2, 0.25) is 0 Å². The molecule has 3 aromatic rings. The first kappa shape index (κ1) is 16.5. The maximum atomic E-state index is 13.1. The second kappa shape index (κ2) is 6.72. The second-order valence-electron chi connectivity index (χ2n) is 6.95. The lowest BCUT2D eigenvalue weighted by molar-refractivity contribution is 0.0906. The van der Waals surface area contributed by atoms with Crippen molar-refractivity contribution in [1.29, 1.82) is 0 Å². The summed E-state index contributed by atoms with van der Waals surface area (Å²) in [5.74, 6) is -0.493. The Morgan fingerprint density at radius 3 is 1.46 bits per heavy atom. The third kappa shape index (κ3) is 2.99. The summed E-state index contributed by atoms with van der Waals surface area (Å²) in [6, 6.07) is 26.8. The van der Waals surface area contributed by atoms with Gasteiger partial charge in [-0.2, -0.15) is 0 Å². The molecule has 0 bridgehead atoms. The molecule has 4 rings (SSSR count). The van der Waals surface area contributed by atoms with E-state index in [9.17, 15) is 9.59 Å². The maximum absolute atomic E-state index is 13.1. The molecule has 0 N–H and O–H groups in total. The lowest BCUT2D eigenvalue weighted by Gasteiger charge is -2.01. The molecule has 0 heterocycles. The van der Waals surface area contributed by atoms with Crippen LogP contribution in [0.2, 0.25) is 0 Å². The van der Waals surface area contributed by atoms with E-state index >= 15 is 0 Å². The fourth-order valence-electron chi connectivity index (χ4n) is 3.76. The van der Waals surface area contributed by atoms with Crippen LogP contribution in [-0.2, 0) is 0 Å². The summed E-state index contributed by atoms with van der Waals surface area (Å²) in [4.78, 5) is 26.1. The number of carbonyl (C=O) groups is 2. The van der Waals surface area contributed by atoms with E-state index in [1.165, 1.54) is 5.56 Å². The van der Waals surface area contributed by atoms with Gasteiger partial charge in [0.05, 0.1) is 0 Å². The van der Waals surface area contributed by atoms with Crippen molar-refractivity contribution in [2.24, 2.45) is 11.8 Å². The highest BCUT2D eigenvalue weighted by molar-refractivity contribution is 6.09. The first-order valence-electron chi connectivity index (χ1n) is 8.92. The summed E-state index contributed by atoms with van der Waals surface area (Å²) >= 11 is 0. The molecule has 1 saturated carbocycles. The number of benzene rings is 3. The van der Waals surface area contributed by atoms with Crippen LogP contribution in [0.4, 0.5) is 0 Å². The molecule has 1 fully saturated rings. The van der Waals surface area contributed by atoms with E-state index in [0.717, 1.165) is 5.56 Å². The highest BCUT2D eigenvalue weighted by Crippen LogP contribution is 2.56. The van der Waals surface area contributed by atoms with Crippen molar-refractivity contribution in [2.75, 3.05) is 0 Å². The quantitative estimate of drug-likeness (QED) is 0.606. The summed E-state index contributed by atoms with van der Waals surface area (Å²) in [6.45, 7) is 2.04. The molecule has 3 aromatic carbocycles. The average molecular weight is 340 g/mol. The van der Waals surface area contributed by atoms with E-state index in [2.05, 4.69) is 0 Å². The van der Waals surface area contributed by atoms with Crippen LogP contribution in [0.15, 0.2) is 84.9 Å². The molecule has 0 saturated heterocycles. The van der Waals surface area contributed by atoms with Crippen molar-refractivity contribution in [3.63, 3.8) is 0 Å². The Hall–Kier alpha value is -3.00. The number of hydrogen-bond donors (Lipinski definition) is 0. The highest BCUT2D eigenvalue weighted by atomic mass is 16.1. The molecule has 2 heteroatoms. The molecule has 3 atom stereocenters. The fourth-order valence-corrected chi connectivity index (χ4v) is 3.76. The Bertz CT molecular complexity index is 869. The van der Waals surface area contributed by atoms with Crippen molar-refractivity contribution in [2.45, 2.75) is 12.8 Å². The maximum Gasteiger partial charge on any atom is 0.167 e.